The first kappa shape index (κ1) is 20.1. The summed E-state index contributed by atoms with van der Waals surface area (Å²) < 4.78 is 20.9. The first-order valence-electron chi connectivity index (χ1n) is 8.32. The number of amides is 1. The van der Waals surface area contributed by atoms with Crippen molar-refractivity contribution < 1.29 is 28.5 Å². The molecule has 0 aromatic heterocycles. The van der Waals surface area contributed by atoms with E-state index < -0.39 is 5.97 Å². The van der Waals surface area contributed by atoms with Crippen molar-refractivity contribution >= 4 is 17.6 Å². The normalized spacial score (nSPS) is 10.3. The number of rotatable bonds is 7. The average Bonchev–Trinajstić information content (AvgIpc) is 2.66. The molecule has 0 saturated carbocycles. The highest BCUT2D eigenvalue weighted by molar-refractivity contribution is 6.05. The molecule has 2 aromatic rings. The lowest BCUT2D eigenvalue weighted by Crippen LogP contribution is -2.14. The van der Waals surface area contributed by atoms with Gasteiger partial charge in [0.15, 0.2) is 11.5 Å². The van der Waals surface area contributed by atoms with Crippen LogP contribution in [0.5, 0.6) is 17.2 Å². The van der Waals surface area contributed by atoms with Crippen molar-refractivity contribution in [2.75, 3.05) is 26.6 Å². The largest absolute Gasteiger partial charge is 0.493 e. The molecule has 2 aromatic carbocycles. The number of benzene rings is 2. The molecule has 0 aliphatic heterocycles. The molecule has 0 aliphatic rings. The predicted molar refractivity (Wildman–Crippen MR) is 101 cm³/mol. The molecule has 0 bridgehead atoms. The topological polar surface area (TPSA) is 83.1 Å². The Morgan fingerprint density at radius 2 is 1.52 bits per heavy atom. The lowest BCUT2D eigenvalue weighted by atomic mass is 10.1. The second-order valence-corrected chi connectivity index (χ2v) is 5.90. The van der Waals surface area contributed by atoms with Crippen molar-refractivity contribution in [3.8, 4) is 17.2 Å². The SMILES string of the molecule is COc1cc(C(=O)Nc2cccc(C(=O)OC(C)C)c2)cc(OC)c1OC. The van der Waals surface area contributed by atoms with Crippen LogP contribution in [0.15, 0.2) is 36.4 Å². The molecule has 0 fully saturated rings. The fourth-order valence-electron chi connectivity index (χ4n) is 2.42. The average molecular weight is 373 g/mol. The number of hydrogen-bond donors (Lipinski definition) is 1. The lowest BCUT2D eigenvalue weighted by Gasteiger charge is -2.14. The molecule has 0 aliphatic carbocycles. The Bertz CT molecular complexity index is 806. The van der Waals surface area contributed by atoms with Gasteiger partial charge >= 0.3 is 5.97 Å². The van der Waals surface area contributed by atoms with Gasteiger partial charge in [-0.15, -0.1) is 0 Å². The van der Waals surface area contributed by atoms with Crippen LogP contribution in [-0.4, -0.2) is 39.3 Å². The molecule has 0 atom stereocenters. The van der Waals surface area contributed by atoms with Crippen molar-refractivity contribution in [1.82, 2.24) is 0 Å². The van der Waals surface area contributed by atoms with Crippen LogP contribution in [0.4, 0.5) is 5.69 Å². The van der Waals surface area contributed by atoms with Crippen LogP contribution in [-0.2, 0) is 4.74 Å². The zero-order valence-corrected chi connectivity index (χ0v) is 16.0. The Labute approximate surface area is 158 Å². The van der Waals surface area contributed by atoms with Crippen molar-refractivity contribution in [3.63, 3.8) is 0 Å². The van der Waals surface area contributed by atoms with Crippen molar-refractivity contribution in [1.29, 1.82) is 0 Å². The maximum atomic E-state index is 12.6. The summed E-state index contributed by atoms with van der Waals surface area (Å²) in [6.45, 7) is 3.54. The quantitative estimate of drug-likeness (QED) is 0.748. The highest BCUT2D eigenvalue weighted by Crippen LogP contribution is 2.38. The van der Waals surface area contributed by atoms with E-state index in [4.69, 9.17) is 18.9 Å². The molecule has 144 valence electrons. The summed E-state index contributed by atoms with van der Waals surface area (Å²) in [5, 5.41) is 2.75. The Morgan fingerprint density at radius 1 is 0.889 bits per heavy atom. The van der Waals surface area contributed by atoms with E-state index in [-0.39, 0.29) is 12.0 Å². The molecular formula is C20H23NO6. The van der Waals surface area contributed by atoms with Gasteiger partial charge in [0.05, 0.1) is 33.0 Å². The fraction of sp³-hybridized carbons (Fsp3) is 0.300. The Balaban J connectivity index is 2.26. The van der Waals surface area contributed by atoms with Gasteiger partial charge in [0.2, 0.25) is 5.75 Å². The molecule has 0 spiro atoms. The smallest absolute Gasteiger partial charge is 0.338 e. The van der Waals surface area contributed by atoms with Crippen LogP contribution >= 0.6 is 0 Å². The Kier molecular flexibility index (Phi) is 6.65. The highest BCUT2D eigenvalue weighted by atomic mass is 16.5. The number of carbonyl (C=O) groups excluding carboxylic acids is 2. The van der Waals surface area contributed by atoms with E-state index in [1.165, 1.54) is 21.3 Å². The molecule has 27 heavy (non-hydrogen) atoms. The van der Waals surface area contributed by atoms with E-state index in [2.05, 4.69) is 5.32 Å². The van der Waals surface area contributed by atoms with E-state index in [0.717, 1.165) is 0 Å². The number of hydrogen-bond acceptors (Lipinski definition) is 6. The first-order valence-corrected chi connectivity index (χ1v) is 8.32. The van der Waals surface area contributed by atoms with Crippen molar-refractivity contribution in [2.45, 2.75) is 20.0 Å². The molecule has 1 N–H and O–H groups in total. The number of anilines is 1. The van der Waals surface area contributed by atoms with Gasteiger partial charge in [-0.1, -0.05) is 6.07 Å². The minimum atomic E-state index is -0.450. The van der Waals surface area contributed by atoms with Gasteiger partial charge in [0.1, 0.15) is 0 Å². The Morgan fingerprint density at radius 3 is 2.04 bits per heavy atom. The standard InChI is InChI=1S/C20H23NO6/c1-12(2)27-20(23)13-7-6-8-15(9-13)21-19(22)14-10-16(24-3)18(26-5)17(11-14)25-4/h6-12H,1-5H3,(H,21,22). The molecule has 1 amide bonds. The van der Waals surface area contributed by atoms with E-state index in [9.17, 15) is 9.59 Å². The maximum absolute atomic E-state index is 12.6. The molecule has 7 nitrogen and oxygen atoms in total. The van der Waals surface area contributed by atoms with Crippen molar-refractivity contribution in [2.24, 2.45) is 0 Å². The fourth-order valence-corrected chi connectivity index (χ4v) is 2.42. The van der Waals surface area contributed by atoms with Crippen LogP contribution in [0.3, 0.4) is 0 Å². The first-order chi connectivity index (χ1) is 12.9. The highest BCUT2D eigenvalue weighted by Gasteiger charge is 2.17. The van der Waals surface area contributed by atoms with Gasteiger partial charge in [0.25, 0.3) is 5.91 Å². The van der Waals surface area contributed by atoms with Gasteiger partial charge < -0.3 is 24.3 Å². The lowest BCUT2D eigenvalue weighted by molar-refractivity contribution is 0.0377. The van der Waals surface area contributed by atoms with Crippen LogP contribution < -0.4 is 19.5 Å². The van der Waals surface area contributed by atoms with Gasteiger partial charge in [-0.25, -0.2) is 4.79 Å². The molecule has 0 saturated heterocycles. The zero-order chi connectivity index (χ0) is 20.0. The molecule has 7 heteroatoms. The molecule has 0 heterocycles. The second kappa shape index (κ2) is 8.93. The molecule has 2 rings (SSSR count). The minimum Gasteiger partial charge on any atom is -0.493 e. The minimum absolute atomic E-state index is 0.227. The number of carbonyl (C=O) groups is 2. The summed E-state index contributed by atoms with van der Waals surface area (Å²) in [6, 6.07) is 9.63. The predicted octanol–water partition coefficient (Wildman–Crippen LogP) is 3.53. The van der Waals surface area contributed by atoms with Crippen LogP contribution in [0.2, 0.25) is 0 Å². The summed E-state index contributed by atoms with van der Waals surface area (Å²) >= 11 is 0. The van der Waals surface area contributed by atoms with E-state index >= 15 is 0 Å². The Hall–Kier alpha value is -3.22. The second-order valence-electron chi connectivity index (χ2n) is 5.90. The summed E-state index contributed by atoms with van der Waals surface area (Å²) in [5.74, 6) is 0.306. The van der Waals surface area contributed by atoms with Gasteiger partial charge in [-0.3, -0.25) is 4.79 Å². The van der Waals surface area contributed by atoms with E-state index in [0.29, 0.717) is 34.1 Å². The van der Waals surface area contributed by atoms with Crippen LogP contribution in [0.1, 0.15) is 34.6 Å². The summed E-state index contributed by atoms with van der Waals surface area (Å²) in [4.78, 5) is 24.6. The zero-order valence-electron chi connectivity index (χ0n) is 16.0. The van der Waals surface area contributed by atoms with E-state index in [1.807, 2.05) is 0 Å². The number of esters is 1. The van der Waals surface area contributed by atoms with Crippen LogP contribution in [0.25, 0.3) is 0 Å². The summed E-state index contributed by atoms with van der Waals surface area (Å²) in [6.07, 6.45) is -0.227. The van der Waals surface area contributed by atoms with Gasteiger partial charge in [-0.2, -0.15) is 0 Å². The maximum Gasteiger partial charge on any atom is 0.338 e. The summed E-state index contributed by atoms with van der Waals surface area (Å²) in [5.41, 5.74) is 1.14. The third kappa shape index (κ3) is 4.91. The number of ether oxygens (including phenoxy) is 4. The van der Waals surface area contributed by atoms with Gasteiger partial charge in [-0.05, 0) is 44.2 Å². The van der Waals surface area contributed by atoms with Crippen molar-refractivity contribution in [3.05, 3.63) is 47.5 Å². The van der Waals surface area contributed by atoms with Crippen LogP contribution in [0, 0.1) is 0 Å². The van der Waals surface area contributed by atoms with Gasteiger partial charge in [0, 0.05) is 11.3 Å². The summed E-state index contributed by atoms with van der Waals surface area (Å²) in [7, 11) is 4.44. The third-order valence-electron chi connectivity index (χ3n) is 3.63. The third-order valence-corrected chi connectivity index (χ3v) is 3.63. The number of nitrogens with one attached hydrogen (secondary N) is 1. The monoisotopic (exact) mass is 373 g/mol. The molecular weight excluding hydrogens is 350 g/mol. The molecule has 0 unspecified atom stereocenters. The number of methoxy groups -OCH3 is 3. The molecule has 0 radical (unpaired) electrons. The van der Waals surface area contributed by atoms with E-state index in [1.54, 1.807) is 50.2 Å².